The minimum Gasteiger partial charge on any atom is -0.494 e. The van der Waals surface area contributed by atoms with Gasteiger partial charge in [-0.1, -0.05) is 0 Å². The molecule has 8 heteroatoms. The van der Waals surface area contributed by atoms with Gasteiger partial charge in [0.15, 0.2) is 5.75 Å². The van der Waals surface area contributed by atoms with Gasteiger partial charge in [-0.25, -0.2) is 0 Å². The van der Waals surface area contributed by atoms with Crippen LogP contribution in [0.1, 0.15) is 24.2 Å². The number of benzene rings is 2. The molecule has 2 aromatic carbocycles. The van der Waals surface area contributed by atoms with Crippen LogP contribution in [0.15, 0.2) is 42.5 Å². The summed E-state index contributed by atoms with van der Waals surface area (Å²) in [5, 5.41) is 13.8. The lowest BCUT2D eigenvalue weighted by molar-refractivity contribution is -0.385. The largest absolute Gasteiger partial charge is 0.494 e. The fourth-order valence-electron chi connectivity index (χ4n) is 2.31. The summed E-state index contributed by atoms with van der Waals surface area (Å²) >= 11 is 0. The molecule has 8 nitrogen and oxygen atoms in total. The van der Waals surface area contributed by atoms with Crippen LogP contribution in [0.3, 0.4) is 0 Å². The summed E-state index contributed by atoms with van der Waals surface area (Å²) in [6.07, 6.45) is 0. The number of hydrogen-bond donors (Lipinski definition) is 1. The lowest BCUT2D eigenvalue weighted by atomic mass is 10.1. The van der Waals surface area contributed by atoms with Crippen molar-refractivity contribution in [3.05, 3.63) is 58.1 Å². The Morgan fingerprint density at radius 3 is 2.22 bits per heavy atom. The molecule has 0 bridgehead atoms. The van der Waals surface area contributed by atoms with Crippen LogP contribution in [-0.4, -0.2) is 37.2 Å². The highest BCUT2D eigenvalue weighted by Crippen LogP contribution is 2.27. The van der Waals surface area contributed by atoms with Gasteiger partial charge in [0.2, 0.25) is 0 Å². The fraction of sp³-hybridized carbons (Fsp3) is 0.316. The van der Waals surface area contributed by atoms with Gasteiger partial charge in [0, 0.05) is 11.6 Å². The van der Waals surface area contributed by atoms with Crippen molar-refractivity contribution in [1.29, 1.82) is 0 Å². The second-order valence-corrected chi connectivity index (χ2v) is 5.38. The number of ether oxygens (including phenoxy) is 3. The maximum Gasteiger partial charge on any atom is 0.311 e. The normalized spacial score (nSPS) is 10.1. The standard InChI is InChI=1S/C19H22N2O6/c1-3-25-15-6-8-16(9-7-15)27-12-11-20-19(22)14-5-10-18(26-4-2)17(13-14)21(23)24/h5-10,13H,3-4,11-12H2,1-2H3,(H,20,22). The van der Waals surface area contributed by atoms with Crippen LogP contribution in [0.25, 0.3) is 0 Å². The molecule has 0 aliphatic rings. The van der Waals surface area contributed by atoms with Crippen molar-refractivity contribution in [3.8, 4) is 17.2 Å². The highest BCUT2D eigenvalue weighted by Gasteiger charge is 2.18. The Bertz CT molecular complexity index is 776. The van der Waals surface area contributed by atoms with Crippen molar-refractivity contribution in [2.24, 2.45) is 0 Å². The number of nitrogens with one attached hydrogen (secondary N) is 1. The Kier molecular flexibility index (Phi) is 7.42. The van der Waals surface area contributed by atoms with Gasteiger partial charge in [-0.2, -0.15) is 0 Å². The molecule has 0 aliphatic heterocycles. The van der Waals surface area contributed by atoms with Crippen LogP contribution in [0.2, 0.25) is 0 Å². The molecule has 0 atom stereocenters. The van der Waals surface area contributed by atoms with Gasteiger partial charge in [-0.3, -0.25) is 14.9 Å². The summed E-state index contributed by atoms with van der Waals surface area (Å²) < 4.78 is 16.1. The van der Waals surface area contributed by atoms with Crippen LogP contribution < -0.4 is 19.5 Å². The third-order valence-corrected chi connectivity index (χ3v) is 3.51. The summed E-state index contributed by atoms with van der Waals surface area (Å²) in [6.45, 7) is 5.05. The van der Waals surface area contributed by atoms with E-state index in [-0.39, 0.29) is 30.2 Å². The Morgan fingerprint density at radius 2 is 1.63 bits per heavy atom. The maximum absolute atomic E-state index is 12.2. The molecule has 0 spiro atoms. The van der Waals surface area contributed by atoms with Crippen molar-refractivity contribution in [3.63, 3.8) is 0 Å². The average molecular weight is 374 g/mol. The van der Waals surface area contributed by atoms with E-state index >= 15 is 0 Å². The lowest BCUT2D eigenvalue weighted by Crippen LogP contribution is -2.28. The Morgan fingerprint density at radius 1 is 1.00 bits per heavy atom. The number of hydrogen-bond acceptors (Lipinski definition) is 6. The van der Waals surface area contributed by atoms with Gasteiger partial charge in [0.1, 0.15) is 18.1 Å². The molecule has 0 unspecified atom stereocenters. The predicted molar refractivity (Wildman–Crippen MR) is 99.7 cm³/mol. The number of amides is 1. The number of rotatable bonds is 10. The van der Waals surface area contributed by atoms with Crippen LogP contribution in [-0.2, 0) is 0 Å². The van der Waals surface area contributed by atoms with Gasteiger partial charge in [-0.05, 0) is 50.2 Å². The second-order valence-electron chi connectivity index (χ2n) is 5.38. The van der Waals surface area contributed by atoms with E-state index in [0.717, 1.165) is 5.75 Å². The minimum absolute atomic E-state index is 0.137. The highest BCUT2D eigenvalue weighted by atomic mass is 16.6. The molecule has 0 saturated carbocycles. The molecule has 1 amide bonds. The van der Waals surface area contributed by atoms with Crippen LogP contribution >= 0.6 is 0 Å². The van der Waals surface area contributed by atoms with E-state index in [1.165, 1.54) is 18.2 Å². The molecule has 0 saturated heterocycles. The van der Waals surface area contributed by atoms with Crippen molar-refractivity contribution < 1.29 is 23.9 Å². The minimum atomic E-state index is -0.573. The third-order valence-electron chi connectivity index (χ3n) is 3.51. The molecule has 27 heavy (non-hydrogen) atoms. The van der Waals surface area contributed by atoms with Gasteiger partial charge in [0.25, 0.3) is 5.91 Å². The quantitative estimate of drug-likeness (QED) is 0.389. The number of nitro benzene ring substituents is 1. The van der Waals surface area contributed by atoms with Gasteiger partial charge >= 0.3 is 5.69 Å². The lowest BCUT2D eigenvalue weighted by Gasteiger charge is -2.09. The monoisotopic (exact) mass is 374 g/mol. The predicted octanol–water partition coefficient (Wildman–Crippen LogP) is 3.20. The van der Waals surface area contributed by atoms with Crippen LogP contribution in [0, 0.1) is 10.1 Å². The zero-order chi connectivity index (χ0) is 19.6. The van der Waals surface area contributed by atoms with Gasteiger partial charge < -0.3 is 19.5 Å². The zero-order valence-electron chi connectivity index (χ0n) is 15.3. The summed E-state index contributed by atoms with van der Waals surface area (Å²) in [4.78, 5) is 22.7. The Hall–Kier alpha value is -3.29. The first-order valence-corrected chi connectivity index (χ1v) is 8.60. The van der Waals surface area contributed by atoms with E-state index in [2.05, 4.69) is 5.32 Å². The molecule has 0 aliphatic carbocycles. The maximum atomic E-state index is 12.2. The van der Waals surface area contributed by atoms with E-state index < -0.39 is 10.8 Å². The molecule has 144 valence electrons. The third kappa shape index (κ3) is 5.88. The van der Waals surface area contributed by atoms with Crippen molar-refractivity contribution >= 4 is 11.6 Å². The number of carbonyl (C=O) groups is 1. The SMILES string of the molecule is CCOc1ccc(OCCNC(=O)c2ccc(OCC)c([N+](=O)[O-])c2)cc1. The first-order valence-electron chi connectivity index (χ1n) is 8.60. The summed E-state index contributed by atoms with van der Waals surface area (Å²) in [5.74, 6) is 1.13. The Balaban J connectivity index is 1.86. The molecule has 1 N–H and O–H groups in total. The van der Waals surface area contributed by atoms with E-state index in [4.69, 9.17) is 14.2 Å². The van der Waals surface area contributed by atoms with E-state index in [1.807, 2.05) is 6.92 Å². The highest BCUT2D eigenvalue weighted by molar-refractivity contribution is 5.95. The van der Waals surface area contributed by atoms with E-state index in [1.54, 1.807) is 31.2 Å². The zero-order valence-corrected chi connectivity index (χ0v) is 15.3. The molecule has 0 radical (unpaired) electrons. The molecule has 2 rings (SSSR count). The van der Waals surface area contributed by atoms with Crippen molar-refractivity contribution in [2.45, 2.75) is 13.8 Å². The second kappa shape index (κ2) is 10.0. The summed E-state index contributed by atoms with van der Waals surface area (Å²) in [5.41, 5.74) is -0.0543. The fourth-order valence-corrected chi connectivity index (χ4v) is 2.31. The van der Waals surface area contributed by atoms with E-state index in [0.29, 0.717) is 19.0 Å². The molecular formula is C19H22N2O6. The average Bonchev–Trinajstić information content (AvgIpc) is 2.67. The first-order chi connectivity index (χ1) is 13.0. The summed E-state index contributed by atoms with van der Waals surface area (Å²) in [6, 6.07) is 11.3. The van der Waals surface area contributed by atoms with Gasteiger partial charge in [-0.15, -0.1) is 0 Å². The first kappa shape index (κ1) is 20.0. The van der Waals surface area contributed by atoms with Gasteiger partial charge in [0.05, 0.1) is 24.7 Å². The van der Waals surface area contributed by atoms with Crippen molar-refractivity contribution in [1.82, 2.24) is 5.32 Å². The van der Waals surface area contributed by atoms with Crippen LogP contribution in [0.5, 0.6) is 17.2 Å². The van der Waals surface area contributed by atoms with E-state index in [9.17, 15) is 14.9 Å². The molecule has 2 aromatic rings. The molecular weight excluding hydrogens is 352 g/mol. The number of nitrogens with zero attached hydrogens (tertiary/aromatic N) is 1. The summed E-state index contributed by atoms with van der Waals surface area (Å²) in [7, 11) is 0. The smallest absolute Gasteiger partial charge is 0.311 e. The van der Waals surface area contributed by atoms with Crippen molar-refractivity contribution in [2.75, 3.05) is 26.4 Å². The topological polar surface area (TPSA) is 99.9 Å². The Labute approximate surface area is 157 Å². The van der Waals surface area contributed by atoms with Crippen LogP contribution in [0.4, 0.5) is 5.69 Å². The number of nitro groups is 1. The molecule has 0 aromatic heterocycles. The number of carbonyl (C=O) groups excluding carboxylic acids is 1. The molecule has 0 fully saturated rings. The molecule has 0 heterocycles.